The summed E-state index contributed by atoms with van der Waals surface area (Å²) in [5.74, 6) is 0. The van der Waals surface area contributed by atoms with Crippen molar-refractivity contribution in [1.82, 2.24) is 0 Å². The molecule has 0 aliphatic carbocycles. The van der Waals surface area contributed by atoms with E-state index in [0.717, 1.165) is 0 Å². The molecule has 0 aromatic rings. The van der Waals surface area contributed by atoms with Crippen LogP contribution in [0.3, 0.4) is 0 Å². The van der Waals surface area contributed by atoms with Gasteiger partial charge >= 0.3 is 74.4 Å². The maximum Gasteiger partial charge on any atom is 0.522 e. The van der Waals surface area contributed by atoms with Gasteiger partial charge in [-0.05, 0) is 13.8 Å². The standard InChI is InChI=1S/2C2HF5O3S.2C2H6O2.2CHF3O3S/c2*3-1(4,5)2(6,7)11(8,9)10;2*1-2(3)4;2*2-1(3,4)8(5,6)7/h2*(H,8,9,10);2*2-4H,1H3;2*(H,5,6,7). The minimum atomic E-state index is -6.42. The third-order valence-corrected chi connectivity index (χ3v) is 4.82. The highest BCUT2D eigenvalue weighted by Gasteiger charge is 2.68. The molecule has 0 saturated heterocycles. The Balaban J connectivity index is -0.000000108. The average Bonchev–Trinajstić information content (AvgIpc) is 2.61. The number of hydrogen-bond acceptors (Lipinski definition) is 12. The van der Waals surface area contributed by atoms with Crippen LogP contribution in [-0.4, -0.2) is 119 Å². The predicted molar refractivity (Wildman–Crippen MR) is 108 cm³/mol. The molecule has 0 fully saturated rings. The van der Waals surface area contributed by atoms with Gasteiger partial charge in [-0.15, -0.1) is 0 Å². The average molecular weight is 824 g/mol. The Bertz CT molecular complexity index is 1180. The zero-order valence-electron chi connectivity index (χ0n) is 20.7. The maximum atomic E-state index is 11.5. The molecular weight excluding hydrogens is 808 g/mol. The minimum absolute atomic E-state index is 1.17. The SMILES string of the molecule is CC(O)O.CC(O)O.O=S(=O)(O)C(F)(F)C(F)(F)F.O=S(=O)(O)C(F)(F)C(F)(F)F.O=S(=O)(O)C(F)(F)F.O=S(=O)(O)C(F)(F)F. The molecule has 0 radical (unpaired) electrons. The first-order valence-electron chi connectivity index (χ1n) is 8.59. The molecular formula is C10H16F16O16S4. The van der Waals surface area contributed by atoms with Gasteiger partial charge in [0.15, 0.2) is 0 Å². The van der Waals surface area contributed by atoms with E-state index in [1.54, 1.807) is 0 Å². The molecule has 0 atom stereocenters. The van der Waals surface area contributed by atoms with Gasteiger partial charge in [-0.1, -0.05) is 0 Å². The van der Waals surface area contributed by atoms with Crippen molar-refractivity contribution in [3.8, 4) is 0 Å². The van der Waals surface area contributed by atoms with Crippen LogP contribution >= 0.6 is 0 Å². The fraction of sp³-hybridized carbons (Fsp3) is 1.00. The summed E-state index contributed by atoms with van der Waals surface area (Å²) < 4.78 is 280. The van der Waals surface area contributed by atoms with Crippen molar-refractivity contribution in [2.75, 3.05) is 0 Å². The summed E-state index contributed by atoms with van der Waals surface area (Å²) >= 11 is 0. The fourth-order valence-electron chi connectivity index (χ4n) is 0.292. The molecule has 0 amide bonds. The van der Waals surface area contributed by atoms with Crippen LogP contribution in [0, 0.1) is 0 Å². The van der Waals surface area contributed by atoms with Crippen LogP contribution in [0.4, 0.5) is 70.2 Å². The van der Waals surface area contributed by atoms with Gasteiger partial charge in [-0.25, -0.2) is 0 Å². The lowest BCUT2D eigenvalue weighted by atomic mass is 10.7. The van der Waals surface area contributed by atoms with E-state index in [2.05, 4.69) is 0 Å². The number of rotatable bonds is 2. The monoisotopic (exact) mass is 824 g/mol. The Morgan fingerprint density at radius 1 is 0.370 bits per heavy atom. The highest BCUT2D eigenvalue weighted by Crippen LogP contribution is 2.39. The number of halogens is 16. The van der Waals surface area contributed by atoms with E-state index < -0.39 is 86.9 Å². The summed E-state index contributed by atoms with van der Waals surface area (Å²) in [6, 6.07) is 0. The van der Waals surface area contributed by atoms with Crippen molar-refractivity contribution in [2.24, 2.45) is 0 Å². The van der Waals surface area contributed by atoms with E-state index in [-0.39, 0.29) is 0 Å². The van der Waals surface area contributed by atoms with Gasteiger partial charge in [0, 0.05) is 0 Å². The summed E-state index contributed by atoms with van der Waals surface area (Å²) in [5.41, 5.74) is -11.1. The van der Waals surface area contributed by atoms with Gasteiger partial charge in [-0.2, -0.15) is 104 Å². The third kappa shape index (κ3) is 26.4. The number of aliphatic hydroxyl groups excluding tert-OH is 2. The van der Waals surface area contributed by atoms with Crippen LogP contribution in [0.1, 0.15) is 13.8 Å². The maximum absolute atomic E-state index is 11.5. The molecule has 36 heteroatoms. The molecule has 0 heterocycles. The van der Waals surface area contributed by atoms with Crippen LogP contribution < -0.4 is 0 Å². The van der Waals surface area contributed by atoms with E-state index in [9.17, 15) is 87.1 Å². The zero-order valence-corrected chi connectivity index (χ0v) is 23.9. The number of aliphatic hydroxyl groups is 4. The van der Waals surface area contributed by atoms with Gasteiger partial charge in [0.1, 0.15) is 12.6 Å². The predicted octanol–water partition coefficient (Wildman–Crippen LogP) is 1.48. The summed E-state index contributed by atoms with van der Waals surface area (Å²) in [7, 11) is -24.5. The third-order valence-electron chi connectivity index (χ3n) is 1.89. The molecule has 46 heavy (non-hydrogen) atoms. The Morgan fingerprint density at radius 3 is 0.457 bits per heavy atom. The summed E-state index contributed by atoms with van der Waals surface area (Å²) in [6.45, 7) is 2.56. The molecule has 0 rings (SSSR count). The molecule has 16 nitrogen and oxygen atoms in total. The van der Waals surface area contributed by atoms with Gasteiger partial charge in [0.2, 0.25) is 0 Å². The van der Waals surface area contributed by atoms with Gasteiger partial charge < -0.3 is 20.4 Å². The van der Waals surface area contributed by atoms with Crippen LogP contribution in [0.25, 0.3) is 0 Å². The molecule has 288 valence electrons. The molecule has 0 spiro atoms. The number of hydrogen-bond donors (Lipinski definition) is 8. The molecule has 0 aliphatic heterocycles. The molecule has 0 aromatic carbocycles. The topological polar surface area (TPSA) is 298 Å². The van der Waals surface area contributed by atoms with Crippen molar-refractivity contribution in [3.05, 3.63) is 0 Å². The Morgan fingerprint density at radius 2 is 0.457 bits per heavy atom. The quantitative estimate of drug-likeness (QED) is 0.0847. The second-order valence-electron chi connectivity index (χ2n) is 6.08. The Hall–Kier alpha value is -1.64. The van der Waals surface area contributed by atoms with Crippen molar-refractivity contribution < 1.29 is 143 Å². The summed E-state index contributed by atoms with van der Waals surface area (Å²) in [4.78, 5) is 0. The van der Waals surface area contributed by atoms with Crippen LogP contribution in [-0.2, 0) is 40.5 Å². The van der Waals surface area contributed by atoms with Crippen molar-refractivity contribution in [2.45, 2.75) is 60.3 Å². The highest BCUT2D eigenvalue weighted by atomic mass is 32.2. The first kappa shape index (κ1) is 56.7. The highest BCUT2D eigenvalue weighted by molar-refractivity contribution is 7.87. The molecule has 0 aliphatic rings. The number of alkyl halides is 16. The van der Waals surface area contributed by atoms with E-state index in [1.165, 1.54) is 13.8 Å². The molecule has 0 aromatic heterocycles. The minimum Gasteiger partial charge on any atom is -0.368 e. The van der Waals surface area contributed by atoms with Crippen molar-refractivity contribution in [3.63, 3.8) is 0 Å². The van der Waals surface area contributed by atoms with Crippen LogP contribution in [0.2, 0.25) is 0 Å². The van der Waals surface area contributed by atoms with Crippen LogP contribution in [0.15, 0.2) is 0 Å². The zero-order chi connectivity index (χ0) is 40.2. The Labute approximate surface area is 243 Å². The molecule has 0 saturated carbocycles. The van der Waals surface area contributed by atoms with Crippen LogP contribution in [0.5, 0.6) is 0 Å². The van der Waals surface area contributed by atoms with E-state index in [4.69, 9.17) is 55.5 Å². The van der Waals surface area contributed by atoms with Crippen molar-refractivity contribution in [1.29, 1.82) is 0 Å². The molecule has 0 bridgehead atoms. The summed E-state index contributed by atoms with van der Waals surface area (Å²) in [6.07, 6.45) is -14.9. The largest absolute Gasteiger partial charge is 0.522 e. The van der Waals surface area contributed by atoms with Gasteiger partial charge in [0.05, 0.1) is 0 Å². The van der Waals surface area contributed by atoms with Gasteiger partial charge in [0.25, 0.3) is 0 Å². The summed E-state index contributed by atoms with van der Waals surface area (Å²) in [5, 5.41) is 18.2. The smallest absolute Gasteiger partial charge is 0.368 e. The first-order chi connectivity index (χ1) is 19.0. The second-order valence-corrected chi connectivity index (χ2v) is 11.8. The fourth-order valence-corrected chi connectivity index (χ4v) is 0.877. The Kier molecular flexibility index (Phi) is 23.1. The molecule has 0 unspecified atom stereocenters. The normalized spacial score (nSPS) is 13.7. The van der Waals surface area contributed by atoms with Crippen molar-refractivity contribution >= 4 is 40.5 Å². The second kappa shape index (κ2) is 18.8. The lowest BCUT2D eigenvalue weighted by molar-refractivity contribution is -0.243. The van der Waals surface area contributed by atoms with E-state index in [1.807, 2.05) is 0 Å². The first-order valence-corrected chi connectivity index (χ1v) is 14.4. The van der Waals surface area contributed by atoms with E-state index >= 15 is 0 Å². The van der Waals surface area contributed by atoms with Gasteiger partial charge in [-0.3, -0.25) is 18.2 Å². The lowest BCUT2D eigenvalue weighted by Gasteiger charge is -2.15. The molecule has 8 N–H and O–H groups in total. The lowest BCUT2D eigenvalue weighted by Crippen LogP contribution is -2.43. The van der Waals surface area contributed by atoms with E-state index in [0.29, 0.717) is 0 Å².